The first-order chi connectivity index (χ1) is 11.5. The quantitative estimate of drug-likeness (QED) is 0.205. The first-order valence-corrected chi connectivity index (χ1v) is 8.29. The maximum absolute atomic E-state index is 12.3. The van der Waals surface area contributed by atoms with Crippen molar-refractivity contribution >= 4 is 36.3 Å². The molecule has 3 amide bonds. The topological polar surface area (TPSA) is 171 Å². The van der Waals surface area contributed by atoms with Crippen LogP contribution in [-0.2, 0) is 19.2 Å². The lowest BCUT2D eigenvalue weighted by Gasteiger charge is -2.25. The highest BCUT2D eigenvalue weighted by atomic mass is 32.1. The summed E-state index contributed by atoms with van der Waals surface area (Å²) in [6.07, 6.45) is -1.24. The number of rotatable bonds is 10. The van der Waals surface area contributed by atoms with Crippen LogP contribution in [0.2, 0.25) is 0 Å². The van der Waals surface area contributed by atoms with Gasteiger partial charge in [0.1, 0.15) is 18.6 Å². The Labute approximate surface area is 151 Å². The first kappa shape index (κ1) is 23.1. The van der Waals surface area contributed by atoms with Gasteiger partial charge in [-0.15, -0.1) is 0 Å². The molecule has 0 aromatic rings. The number of carboxylic acids is 1. The van der Waals surface area contributed by atoms with Crippen LogP contribution in [0.5, 0.6) is 0 Å². The normalized spacial score (nSPS) is 15.6. The van der Waals surface area contributed by atoms with Crippen LogP contribution in [0.15, 0.2) is 0 Å². The molecule has 144 valence electrons. The third-order valence-corrected chi connectivity index (χ3v) is 3.68. The molecule has 0 fully saturated rings. The molecule has 0 aromatic carbocycles. The highest BCUT2D eigenvalue weighted by Crippen LogP contribution is 2.02. The minimum Gasteiger partial charge on any atom is -0.480 e. The summed E-state index contributed by atoms with van der Waals surface area (Å²) in [4.78, 5) is 46.5. The summed E-state index contributed by atoms with van der Waals surface area (Å²) in [5.74, 6) is -3.71. The number of thiol groups is 1. The van der Waals surface area contributed by atoms with Crippen LogP contribution in [0.25, 0.3) is 0 Å². The van der Waals surface area contributed by atoms with Gasteiger partial charge in [0.05, 0.1) is 12.1 Å². The number of nitrogens with two attached hydrogens (primary N) is 1. The summed E-state index contributed by atoms with van der Waals surface area (Å²) >= 11 is 3.93. The van der Waals surface area contributed by atoms with Crippen LogP contribution in [0, 0.1) is 5.92 Å². The molecular formula is C14H26N4O6S. The maximum Gasteiger partial charge on any atom is 0.322 e. The van der Waals surface area contributed by atoms with Crippen LogP contribution in [0.4, 0.5) is 0 Å². The number of nitrogens with one attached hydrogen (secondary N) is 3. The molecule has 0 aromatic heterocycles. The molecule has 0 saturated carbocycles. The fourth-order valence-corrected chi connectivity index (χ4v) is 1.96. The van der Waals surface area contributed by atoms with Crippen LogP contribution in [0.1, 0.15) is 20.8 Å². The Morgan fingerprint density at radius 3 is 2.00 bits per heavy atom. The fraction of sp³-hybridized carbons (Fsp3) is 0.714. The minimum atomic E-state index is -1.33. The van der Waals surface area contributed by atoms with Gasteiger partial charge in [0.2, 0.25) is 17.7 Å². The number of aliphatic hydroxyl groups excluding tert-OH is 1. The molecule has 0 radical (unpaired) electrons. The third kappa shape index (κ3) is 8.18. The molecule has 0 spiro atoms. The van der Waals surface area contributed by atoms with E-state index < -0.39 is 54.5 Å². The Hall–Kier alpha value is -1.85. The molecule has 0 rings (SSSR count). The molecule has 4 atom stereocenters. The van der Waals surface area contributed by atoms with Gasteiger partial charge in [0.25, 0.3) is 0 Å². The van der Waals surface area contributed by atoms with E-state index in [1.165, 1.54) is 6.92 Å². The van der Waals surface area contributed by atoms with E-state index in [-0.39, 0.29) is 11.7 Å². The van der Waals surface area contributed by atoms with Crippen LogP contribution in [-0.4, -0.2) is 70.4 Å². The number of carbonyl (C=O) groups is 4. The van der Waals surface area contributed by atoms with Gasteiger partial charge >= 0.3 is 5.97 Å². The number of hydrogen-bond donors (Lipinski definition) is 7. The fourth-order valence-electron chi connectivity index (χ4n) is 1.70. The van der Waals surface area contributed by atoms with E-state index in [4.69, 9.17) is 10.8 Å². The number of amides is 3. The summed E-state index contributed by atoms with van der Waals surface area (Å²) < 4.78 is 0. The highest BCUT2D eigenvalue weighted by molar-refractivity contribution is 7.80. The molecule has 0 heterocycles. The molecule has 11 heteroatoms. The van der Waals surface area contributed by atoms with Crippen molar-refractivity contribution in [1.29, 1.82) is 0 Å². The van der Waals surface area contributed by atoms with Crippen molar-refractivity contribution in [1.82, 2.24) is 16.0 Å². The van der Waals surface area contributed by atoms with E-state index in [9.17, 15) is 24.3 Å². The maximum atomic E-state index is 12.3. The molecule has 7 N–H and O–H groups in total. The average molecular weight is 378 g/mol. The van der Waals surface area contributed by atoms with Crippen molar-refractivity contribution in [3.63, 3.8) is 0 Å². The summed E-state index contributed by atoms with van der Waals surface area (Å²) in [7, 11) is 0. The van der Waals surface area contributed by atoms with E-state index in [1.54, 1.807) is 13.8 Å². The molecular weight excluding hydrogens is 352 g/mol. The second-order valence-corrected chi connectivity index (χ2v) is 6.22. The van der Waals surface area contributed by atoms with Gasteiger partial charge in [0.15, 0.2) is 0 Å². The number of aliphatic carboxylic acids is 1. The number of aliphatic hydroxyl groups is 1. The number of hydrogen-bond acceptors (Lipinski definition) is 7. The molecule has 0 aliphatic heterocycles. The highest BCUT2D eigenvalue weighted by Gasteiger charge is 2.31. The second-order valence-electron chi connectivity index (χ2n) is 5.85. The Kier molecular flexibility index (Phi) is 10.1. The lowest BCUT2D eigenvalue weighted by atomic mass is 10.0. The van der Waals surface area contributed by atoms with Crippen molar-refractivity contribution < 1.29 is 29.4 Å². The van der Waals surface area contributed by atoms with Gasteiger partial charge in [-0.3, -0.25) is 19.2 Å². The SMILES string of the molecule is CC(C)[C@H](N)C(=O)N[C@H](C(=O)N[C@@H](CS)C(=O)NCC(=O)O)[C@@H](C)O. The van der Waals surface area contributed by atoms with Gasteiger partial charge in [-0.25, -0.2) is 0 Å². The summed E-state index contributed by atoms with van der Waals surface area (Å²) in [6.45, 7) is 4.14. The minimum absolute atomic E-state index is 0.108. The van der Waals surface area contributed by atoms with Crippen LogP contribution >= 0.6 is 12.6 Å². The zero-order valence-electron chi connectivity index (χ0n) is 14.4. The zero-order chi connectivity index (χ0) is 19.7. The summed E-state index contributed by atoms with van der Waals surface area (Å²) in [5.41, 5.74) is 5.69. The van der Waals surface area contributed by atoms with Gasteiger partial charge in [-0.05, 0) is 12.8 Å². The molecule has 0 aliphatic rings. The molecule has 25 heavy (non-hydrogen) atoms. The molecule has 10 nitrogen and oxygen atoms in total. The Bertz CT molecular complexity index is 500. The van der Waals surface area contributed by atoms with Gasteiger partial charge in [-0.1, -0.05) is 13.8 Å². The lowest BCUT2D eigenvalue weighted by molar-refractivity contribution is -0.138. The van der Waals surface area contributed by atoms with Crippen molar-refractivity contribution in [3.05, 3.63) is 0 Å². The van der Waals surface area contributed by atoms with Gasteiger partial charge in [-0.2, -0.15) is 12.6 Å². The van der Waals surface area contributed by atoms with Crippen molar-refractivity contribution in [2.75, 3.05) is 12.3 Å². The summed E-state index contributed by atoms with van der Waals surface area (Å²) in [6, 6.07) is -3.33. The van der Waals surface area contributed by atoms with Crippen molar-refractivity contribution in [2.24, 2.45) is 11.7 Å². The van der Waals surface area contributed by atoms with E-state index >= 15 is 0 Å². The van der Waals surface area contributed by atoms with Gasteiger partial charge < -0.3 is 31.9 Å². The third-order valence-electron chi connectivity index (χ3n) is 3.31. The van der Waals surface area contributed by atoms with E-state index in [0.717, 1.165) is 0 Å². The number of carbonyl (C=O) groups excluding carboxylic acids is 3. The molecule has 0 unspecified atom stereocenters. The average Bonchev–Trinajstić information content (AvgIpc) is 2.53. The lowest BCUT2D eigenvalue weighted by Crippen LogP contribution is -2.60. The smallest absolute Gasteiger partial charge is 0.322 e. The Morgan fingerprint density at radius 1 is 1.04 bits per heavy atom. The predicted molar refractivity (Wildman–Crippen MR) is 92.9 cm³/mol. The molecule has 0 bridgehead atoms. The monoisotopic (exact) mass is 378 g/mol. The predicted octanol–water partition coefficient (Wildman–Crippen LogP) is -2.55. The van der Waals surface area contributed by atoms with Gasteiger partial charge in [0, 0.05) is 5.75 Å². The van der Waals surface area contributed by atoms with E-state index in [1.807, 2.05) is 0 Å². The molecule has 0 saturated heterocycles. The van der Waals surface area contributed by atoms with E-state index in [2.05, 4.69) is 28.6 Å². The largest absolute Gasteiger partial charge is 0.480 e. The van der Waals surface area contributed by atoms with Crippen LogP contribution < -0.4 is 21.7 Å². The number of carboxylic acid groups (broad SMARTS) is 1. The first-order valence-electron chi connectivity index (χ1n) is 7.66. The zero-order valence-corrected chi connectivity index (χ0v) is 15.2. The van der Waals surface area contributed by atoms with E-state index in [0.29, 0.717) is 0 Å². The Balaban J connectivity index is 4.94. The second kappa shape index (κ2) is 10.9. The van der Waals surface area contributed by atoms with Crippen molar-refractivity contribution in [3.8, 4) is 0 Å². The Morgan fingerprint density at radius 2 is 1.60 bits per heavy atom. The standard InChI is InChI=1S/C14H26N4O6S/c1-6(2)10(15)13(23)18-11(7(3)19)14(24)17-8(5-25)12(22)16-4-9(20)21/h6-8,10-11,19,25H,4-5,15H2,1-3H3,(H,16,22)(H,17,24)(H,18,23)(H,20,21)/t7-,8+,10+,11+/m1/s1. The van der Waals surface area contributed by atoms with Crippen molar-refractivity contribution in [2.45, 2.75) is 45.0 Å². The molecule has 0 aliphatic carbocycles. The summed E-state index contributed by atoms with van der Waals surface area (Å²) in [5, 5.41) is 25.0. The van der Waals surface area contributed by atoms with Crippen LogP contribution in [0.3, 0.4) is 0 Å².